The third kappa shape index (κ3) is 8.84. The summed E-state index contributed by atoms with van der Waals surface area (Å²) in [5.41, 5.74) is -0.660. The number of alkyl halides is 4. The highest BCUT2D eigenvalue weighted by atomic mass is 19.3. The van der Waals surface area contributed by atoms with E-state index in [1.807, 2.05) is 0 Å². The first-order valence-corrected chi connectivity index (χ1v) is 13.6. The van der Waals surface area contributed by atoms with Crippen LogP contribution in [0.5, 0.6) is 5.75 Å². The summed E-state index contributed by atoms with van der Waals surface area (Å²) >= 11 is 0. The Hall–Kier alpha value is -1.45. The highest BCUT2D eigenvalue weighted by Gasteiger charge is 2.46. The van der Waals surface area contributed by atoms with Gasteiger partial charge in [-0.2, -0.15) is 17.6 Å². The van der Waals surface area contributed by atoms with Crippen LogP contribution < -0.4 is 4.74 Å². The minimum absolute atomic E-state index is 0.0851. The SMILES string of the molecule is CCCCCCC1CCC(OC(F)(F)c2ccc(OC(F)(F)C3CCC(CCCC)CO3)cn2)CO1. The maximum absolute atomic E-state index is 14.7. The fraction of sp³-hybridized carbons (Fsp3) is 0.815. The lowest BCUT2D eigenvalue weighted by atomic mass is 9.93. The van der Waals surface area contributed by atoms with Crippen LogP contribution in [-0.2, 0) is 20.3 Å². The summed E-state index contributed by atoms with van der Waals surface area (Å²) in [4.78, 5) is 3.65. The molecule has 0 radical (unpaired) electrons. The van der Waals surface area contributed by atoms with E-state index in [-0.39, 0.29) is 37.4 Å². The van der Waals surface area contributed by atoms with Crippen molar-refractivity contribution < 1.29 is 36.5 Å². The van der Waals surface area contributed by atoms with Crippen LogP contribution in [0.25, 0.3) is 0 Å². The fourth-order valence-electron chi connectivity index (χ4n) is 4.80. The number of pyridine rings is 1. The van der Waals surface area contributed by atoms with Gasteiger partial charge < -0.3 is 18.9 Å². The van der Waals surface area contributed by atoms with Crippen molar-refractivity contribution in [2.45, 2.75) is 121 Å². The molecule has 4 atom stereocenters. The zero-order valence-electron chi connectivity index (χ0n) is 21.5. The molecule has 1 aromatic rings. The molecular weight excluding hydrogens is 478 g/mol. The van der Waals surface area contributed by atoms with Crippen molar-refractivity contribution in [3.63, 3.8) is 0 Å². The van der Waals surface area contributed by atoms with Crippen LogP contribution in [0.15, 0.2) is 18.3 Å². The van der Waals surface area contributed by atoms with Crippen molar-refractivity contribution in [1.82, 2.24) is 4.98 Å². The van der Waals surface area contributed by atoms with Gasteiger partial charge in [0.1, 0.15) is 11.4 Å². The molecule has 0 amide bonds. The molecule has 0 aromatic carbocycles. The van der Waals surface area contributed by atoms with E-state index < -0.39 is 30.1 Å². The maximum atomic E-state index is 14.7. The van der Waals surface area contributed by atoms with Crippen LogP contribution >= 0.6 is 0 Å². The van der Waals surface area contributed by atoms with Crippen molar-refractivity contribution in [2.24, 2.45) is 5.92 Å². The van der Waals surface area contributed by atoms with Crippen molar-refractivity contribution >= 4 is 0 Å². The molecule has 1 aromatic heterocycles. The number of rotatable bonds is 14. The molecule has 0 spiro atoms. The topological polar surface area (TPSA) is 49.8 Å². The van der Waals surface area contributed by atoms with Crippen LogP contribution in [0.3, 0.4) is 0 Å². The van der Waals surface area contributed by atoms with Crippen LogP contribution in [0.2, 0.25) is 0 Å². The molecule has 4 unspecified atom stereocenters. The van der Waals surface area contributed by atoms with E-state index >= 15 is 0 Å². The Morgan fingerprint density at radius 3 is 2.31 bits per heavy atom. The highest BCUT2D eigenvalue weighted by molar-refractivity contribution is 5.22. The molecule has 2 aliphatic rings. The number of ether oxygens (including phenoxy) is 4. The second-order valence-electron chi connectivity index (χ2n) is 10.1. The number of hydrogen-bond acceptors (Lipinski definition) is 5. The van der Waals surface area contributed by atoms with Gasteiger partial charge in [-0.25, -0.2) is 4.98 Å². The van der Waals surface area contributed by atoms with Gasteiger partial charge in [-0.3, -0.25) is 0 Å². The van der Waals surface area contributed by atoms with Gasteiger partial charge in [-0.1, -0.05) is 52.4 Å². The van der Waals surface area contributed by atoms with Gasteiger partial charge in [0.15, 0.2) is 6.10 Å². The molecule has 0 bridgehead atoms. The molecule has 2 aliphatic heterocycles. The Morgan fingerprint density at radius 2 is 1.69 bits per heavy atom. The third-order valence-electron chi connectivity index (χ3n) is 7.02. The molecule has 3 rings (SSSR count). The minimum atomic E-state index is -3.66. The van der Waals surface area contributed by atoms with Gasteiger partial charge in [0.05, 0.1) is 31.6 Å². The Balaban J connectivity index is 1.45. The largest absolute Gasteiger partial charge is 0.429 e. The lowest BCUT2D eigenvalue weighted by Gasteiger charge is -2.33. The Bertz CT molecular complexity index is 749. The summed E-state index contributed by atoms with van der Waals surface area (Å²) in [6, 6.07) is 2.01. The van der Waals surface area contributed by atoms with Gasteiger partial charge >= 0.3 is 12.2 Å². The number of hydrogen-bond donors (Lipinski definition) is 0. The standard InChI is InChI=1S/C27H41F4NO4/c1-3-5-7-8-10-21-12-13-23(19-33-21)36-26(28,29)24-15-14-22(17-32-24)35-27(30,31)25-16-11-20(18-34-25)9-6-4-2/h14-15,17,20-21,23,25H,3-13,16,18-19H2,1-2H3. The van der Waals surface area contributed by atoms with Crippen LogP contribution in [0.4, 0.5) is 17.6 Å². The second-order valence-corrected chi connectivity index (χ2v) is 10.1. The Morgan fingerprint density at radius 1 is 0.889 bits per heavy atom. The average molecular weight is 520 g/mol. The first kappa shape index (κ1) is 29.1. The normalized spacial score (nSPS) is 25.6. The zero-order valence-corrected chi connectivity index (χ0v) is 21.5. The second kappa shape index (κ2) is 13.9. The molecule has 3 heterocycles. The molecule has 0 N–H and O–H groups in total. The molecule has 9 heteroatoms. The van der Waals surface area contributed by atoms with Gasteiger partial charge in [-0.15, -0.1) is 0 Å². The minimum Gasteiger partial charge on any atom is -0.429 e. The fourth-order valence-corrected chi connectivity index (χ4v) is 4.80. The van der Waals surface area contributed by atoms with Crippen molar-refractivity contribution in [1.29, 1.82) is 0 Å². The van der Waals surface area contributed by atoms with E-state index in [0.29, 0.717) is 19.3 Å². The van der Waals surface area contributed by atoms with E-state index in [9.17, 15) is 17.6 Å². The van der Waals surface area contributed by atoms with E-state index in [4.69, 9.17) is 18.9 Å². The average Bonchev–Trinajstić information content (AvgIpc) is 2.86. The molecule has 36 heavy (non-hydrogen) atoms. The van der Waals surface area contributed by atoms with Gasteiger partial charge in [0.2, 0.25) is 0 Å². The molecule has 2 fully saturated rings. The third-order valence-corrected chi connectivity index (χ3v) is 7.02. The van der Waals surface area contributed by atoms with Gasteiger partial charge in [-0.05, 0) is 56.6 Å². The van der Waals surface area contributed by atoms with Crippen LogP contribution in [-0.4, -0.2) is 42.6 Å². The number of halogens is 4. The monoisotopic (exact) mass is 519 g/mol. The number of unbranched alkanes of at least 4 members (excludes halogenated alkanes) is 4. The summed E-state index contributed by atoms with van der Waals surface area (Å²) in [7, 11) is 0. The van der Waals surface area contributed by atoms with Crippen LogP contribution in [0, 0.1) is 5.92 Å². The predicted octanol–water partition coefficient (Wildman–Crippen LogP) is 7.62. The summed E-state index contributed by atoms with van der Waals surface area (Å²) in [6.45, 7) is 4.61. The quantitative estimate of drug-likeness (QED) is 0.187. The smallest absolute Gasteiger partial charge is 0.424 e. The maximum Gasteiger partial charge on any atom is 0.424 e. The molecular formula is C27H41F4NO4. The molecule has 0 aliphatic carbocycles. The van der Waals surface area contributed by atoms with Gasteiger partial charge in [0.25, 0.3) is 0 Å². The van der Waals surface area contributed by atoms with E-state index in [2.05, 4.69) is 18.8 Å². The summed E-state index contributed by atoms with van der Waals surface area (Å²) in [5, 5.41) is 0. The van der Waals surface area contributed by atoms with Crippen molar-refractivity contribution in [3.05, 3.63) is 24.0 Å². The zero-order chi connectivity index (χ0) is 26.0. The van der Waals surface area contributed by atoms with Crippen molar-refractivity contribution in [3.8, 4) is 5.75 Å². The van der Waals surface area contributed by atoms with E-state index in [0.717, 1.165) is 63.3 Å². The predicted molar refractivity (Wildman–Crippen MR) is 128 cm³/mol. The first-order chi connectivity index (χ1) is 17.2. The Kier molecular flexibility index (Phi) is 11.2. The van der Waals surface area contributed by atoms with Crippen molar-refractivity contribution in [2.75, 3.05) is 13.2 Å². The molecule has 5 nitrogen and oxygen atoms in total. The molecule has 0 saturated carbocycles. The van der Waals surface area contributed by atoms with E-state index in [1.165, 1.54) is 6.42 Å². The highest BCUT2D eigenvalue weighted by Crippen LogP contribution is 2.36. The number of aromatic nitrogens is 1. The molecule has 2 saturated heterocycles. The van der Waals surface area contributed by atoms with Gasteiger partial charge in [0, 0.05) is 0 Å². The lowest BCUT2D eigenvalue weighted by Crippen LogP contribution is -2.44. The number of nitrogens with zero attached hydrogens (tertiary/aromatic N) is 1. The molecule has 206 valence electrons. The lowest BCUT2D eigenvalue weighted by molar-refractivity contribution is -0.290. The Labute approximate surface area is 212 Å². The van der Waals surface area contributed by atoms with E-state index in [1.54, 1.807) is 0 Å². The first-order valence-electron chi connectivity index (χ1n) is 13.6. The summed E-state index contributed by atoms with van der Waals surface area (Å²) in [6.07, 6.45) is 2.14. The summed E-state index contributed by atoms with van der Waals surface area (Å²) in [5.74, 6) is -0.0189. The van der Waals surface area contributed by atoms with Crippen LogP contribution in [0.1, 0.15) is 96.6 Å². The summed E-state index contributed by atoms with van der Waals surface area (Å²) < 4.78 is 79.4.